The highest BCUT2D eigenvalue weighted by Gasteiger charge is 2.17. The van der Waals surface area contributed by atoms with Crippen LogP contribution in [0.3, 0.4) is 0 Å². The van der Waals surface area contributed by atoms with Crippen molar-refractivity contribution in [2.24, 2.45) is 0 Å². The van der Waals surface area contributed by atoms with Crippen LogP contribution in [0.15, 0.2) is 24.3 Å². The predicted molar refractivity (Wildman–Crippen MR) is 88.0 cm³/mol. The first kappa shape index (κ1) is 16.1. The molecule has 0 aliphatic heterocycles. The maximum atomic E-state index is 11.8. The van der Waals surface area contributed by atoms with E-state index in [4.69, 9.17) is 11.6 Å². The van der Waals surface area contributed by atoms with Gasteiger partial charge in [-0.15, -0.1) is 0 Å². The van der Waals surface area contributed by atoms with Gasteiger partial charge in [-0.05, 0) is 44.2 Å². The van der Waals surface area contributed by atoms with E-state index in [0.717, 1.165) is 12.2 Å². The van der Waals surface area contributed by atoms with Crippen molar-refractivity contribution in [3.05, 3.63) is 29.3 Å². The molecule has 4 nitrogen and oxygen atoms in total. The van der Waals surface area contributed by atoms with Crippen molar-refractivity contribution in [1.82, 2.24) is 10.2 Å². The Morgan fingerprint density at radius 1 is 1.24 bits per heavy atom. The average molecular weight is 310 g/mol. The maximum Gasteiger partial charge on any atom is 0.319 e. The Hall–Kier alpha value is -1.26. The second-order valence-corrected chi connectivity index (χ2v) is 6.10. The molecule has 1 fully saturated rings. The number of likely N-dealkylation sites (N-methyl/N-ethyl adjacent to an activating group) is 1. The van der Waals surface area contributed by atoms with Crippen molar-refractivity contribution in [3.63, 3.8) is 0 Å². The zero-order valence-corrected chi connectivity index (χ0v) is 13.3. The maximum absolute atomic E-state index is 11.8. The van der Waals surface area contributed by atoms with Crippen LogP contribution in [0.2, 0.25) is 5.02 Å². The highest BCUT2D eigenvalue weighted by atomic mass is 35.5. The fraction of sp³-hybridized carbons (Fsp3) is 0.562. The number of halogens is 1. The number of benzene rings is 1. The molecule has 0 atom stereocenters. The van der Waals surface area contributed by atoms with Gasteiger partial charge in [0.15, 0.2) is 0 Å². The molecule has 1 saturated carbocycles. The largest absolute Gasteiger partial charge is 0.337 e. The molecule has 0 unspecified atom stereocenters. The van der Waals surface area contributed by atoms with Crippen LogP contribution in [0.1, 0.15) is 32.1 Å². The monoisotopic (exact) mass is 309 g/mol. The Bertz CT molecular complexity index is 443. The van der Waals surface area contributed by atoms with E-state index < -0.39 is 0 Å². The topological polar surface area (TPSA) is 44.4 Å². The van der Waals surface area contributed by atoms with Crippen LogP contribution in [-0.4, -0.2) is 37.1 Å². The molecule has 1 aromatic rings. The van der Waals surface area contributed by atoms with E-state index in [9.17, 15) is 4.79 Å². The summed E-state index contributed by atoms with van der Waals surface area (Å²) in [6, 6.07) is 7.60. The fourth-order valence-electron chi connectivity index (χ4n) is 2.76. The summed E-state index contributed by atoms with van der Waals surface area (Å²) < 4.78 is 0. The molecule has 2 amide bonds. The van der Waals surface area contributed by atoms with Gasteiger partial charge in [0.1, 0.15) is 0 Å². The summed E-state index contributed by atoms with van der Waals surface area (Å²) in [6.07, 6.45) is 6.60. The first-order valence-corrected chi connectivity index (χ1v) is 8.03. The number of nitrogens with one attached hydrogen (secondary N) is 2. The summed E-state index contributed by atoms with van der Waals surface area (Å²) in [5.74, 6) is 0. The molecular weight excluding hydrogens is 286 g/mol. The summed E-state index contributed by atoms with van der Waals surface area (Å²) in [4.78, 5) is 14.1. The smallest absolute Gasteiger partial charge is 0.319 e. The highest BCUT2D eigenvalue weighted by Crippen LogP contribution is 2.21. The van der Waals surface area contributed by atoms with Crippen LogP contribution in [-0.2, 0) is 0 Å². The second kappa shape index (κ2) is 8.25. The van der Waals surface area contributed by atoms with E-state index in [1.54, 1.807) is 24.3 Å². The van der Waals surface area contributed by atoms with Crippen LogP contribution in [0.4, 0.5) is 10.5 Å². The number of nitrogens with zero attached hydrogens (tertiary/aromatic N) is 1. The van der Waals surface area contributed by atoms with E-state index >= 15 is 0 Å². The molecule has 0 radical (unpaired) electrons. The number of hydrogen-bond acceptors (Lipinski definition) is 2. The lowest BCUT2D eigenvalue weighted by Gasteiger charge is -2.31. The van der Waals surface area contributed by atoms with Crippen LogP contribution in [0.25, 0.3) is 0 Å². The first-order chi connectivity index (χ1) is 10.1. The van der Waals surface area contributed by atoms with Gasteiger partial charge < -0.3 is 15.5 Å². The summed E-state index contributed by atoms with van der Waals surface area (Å²) in [6.45, 7) is 1.55. The summed E-state index contributed by atoms with van der Waals surface area (Å²) in [5, 5.41) is 6.35. The van der Waals surface area contributed by atoms with Crippen molar-refractivity contribution in [3.8, 4) is 0 Å². The molecule has 2 N–H and O–H groups in total. The molecule has 116 valence electrons. The normalized spacial score (nSPS) is 16.0. The Morgan fingerprint density at radius 3 is 2.57 bits per heavy atom. The quantitative estimate of drug-likeness (QED) is 0.870. The third-order valence-corrected chi connectivity index (χ3v) is 4.30. The van der Waals surface area contributed by atoms with Gasteiger partial charge in [0.2, 0.25) is 0 Å². The third kappa shape index (κ3) is 5.56. The summed E-state index contributed by atoms with van der Waals surface area (Å²) in [7, 11) is 2.15. The molecule has 0 heterocycles. The van der Waals surface area contributed by atoms with Crippen LogP contribution >= 0.6 is 11.6 Å². The number of anilines is 1. The van der Waals surface area contributed by atoms with E-state index in [2.05, 4.69) is 22.6 Å². The molecular formula is C16H24ClN3O. The number of hydrogen-bond donors (Lipinski definition) is 2. The number of amides is 2. The molecule has 1 aliphatic rings. The van der Waals surface area contributed by atoms with Gasteiger partial charge in [0, 0.05) is 29.8 Å². The van der Waals surface area contributed by atoms with Crippen molar-refractivity contribution < 1.29 is 4.79 Å². The Balaban J connectivity index is 1.65. The SMILES string of the molecule is CN(CCNC(=O)Nc1ccc(Cl)cc1)C1CCCCC1. The molecule has 1 aromatic carbocycles. The zero-order valence-electron chi connectivity index (χ0n) is 12.6. The minimum absolute atomic E-state index is 0.172. The molecule has 0 bridgehead atoms. The van der Waals surface area contributed by atoms with Crippen molar-refractivity contribution in [1.29, 1.82) is 0 Å². The van der Waals surface area contributed by atoms with Crippen molar-refractivity contribution in [2.75, 3.05) is 25.5 Å². The standard InChI is InChI=1S/C16H24ClN3O/c1-20(15-5-3-2-4-6-15)12-11-18-16(21)19-14-9-7-13(17)8-10-14/h7-10,15H,2-6,11-12H2,1H3,(H2,18,19,21). The molecule has 5 heteroatoms. The number of rotatable bonds is 5. The van der Waals surface area contributed by atoms with E-state index in [-0.39, 0.29) is 6.03 Å². The summed E-state index contributed by atoms with van der Waals surface area (Å²) >= 11 is 5.81. The second-order valence-electron chi connectivity index (χ2n) is 5.66. The minimum Gasteiger partial charge on any atom is -0.337 e. The zero-order chi connectivity index (χ0) is 15.1. The van der Waals surface area contributed by atoms with Crippen LogP contribution < -0.4 is 10.6 Å². The molecule has 21 heavy (non-hydrogen) atoms. The highest BCUT2D eigenvalue weighted by molar-refractivity contribution is 6.30. The van der Waals surface area contributed by atoms with Crippen LogP contribution in [0.5, 0.6) is 0 Å². The van der Waals surface area contributed by atoms with Gasteiger partial charge in [-0.1, -0.05) is 30.9 Å². The fourth-order valence-corrected chi connectivity index (χ4v) is 2.88. The Kier molecular flexibility index (Phi) is 6.33. The van der Waals surface area contributed by atoms with Crippen molar-refractivity contribution in [2.45, 2.75) is 38.1 Å². The van der Waals surface area contributed by atoms with Crippen LogP contribution in [0, 0.1) is 0 Å². The molecule has 1 aliphatic carbocycles. The van der Waals surface area contributed by atoms with E-state index in [1.807, 2.05) is 0 Å². The Labute approximate surface area is 131 Å². The van der Waals surface area contributed by atoms with Gasteiger partial charge in [-0.3, -0.25) is 0 Å². The van der Waals surface area contributed by atoms with E-state index in [0.29, 0.717) is 17.6 Å². The van der Waals surface area contributed by atoms with Gasteiger partial charge in [0.25, 0.3) is 0 Å². The number of carbonyl (C=O) groups excluding carboxylic acids is 1. The molecule has 2 rings (SSSR count). The molecule has 0 saturated heterocycles. The lowest BCUT2D eigenvalue weighted by molar-refractivity contribution is 0.192. The number of urea groups is 1. The van der Waals surface area contributed by atoms with Crippen molar-refractivity contribution >= 4 is 23.3 Å². The number of carbonyl (C=O) groups is 1. The van der Waals surface area contributed by atoms with Gasteiger partial charge in [-0.2, -0.15) is 0 Å². The van der Waals surface area contributed by atoms with Gasteiger partial charge >= 0.3 is 6.03 Å². The van der Waals surface area contributed by atoms with Gasteiger partial charge in [0.05, 0.1) is 0 Å². The minimum atomic E-state index is -0.172. The first-order valence-electron chi connectivity index (χ1n) is 7.66. The lowest BCUT2D eigenvalue weighted by atomic mass is 9.94. The predicted octanol–water partition coefficient (Wildman–Crippen LogP) is 3.73. The van der Waals surface area contributed by atoms with E-state index in [1.165, 1.54) is 32.1 Å². The lowest BCUT2D eigenvalue weighted by Crippen LogP contribution is -2.40. The molecule has 0 aromatic heterocycles. The third-order valence-electron chi connectivity index (χ3n) is 4.05. The molecule has 0 spiro atoms. The average Bonchev–Trinajstić information content (AvgIpc) is 2.50. The summed E-state index contributed by atoms with van der Waals surface area (Å²) in [5.41, 5.74) is 0.748. The Morgan fingerprint density at radius 2 is 1.90 bits per heavy atom. The van der Waals surface area contributed by atoms with Gasteiger partial charge in [-0.25, -0.2) is 4.79 Å².